The maximum Gasteiger partial charge on any atom is 0.244 e. The minimum absolute atomic E-state index is 0.0290. The van der Waals surface area contributed by atoms with Crippen LogP contribution in [0.1, 0.15) is 12.5 Å². The number of nitrogens with zero attached hydrogens (tertiary/aromatic N) is 1. The maximum atomic E-state index is 12.7. The first-order valence-electron chi connectivity index (χ1n) is 6.07. The molecule has 0 radical (unpaired) electrons. The van der Waals surface area contributed by atoms with Gasteiger partial charge in [-0.05, 0) is 19.1 Å². The van der Waals surface area contributed by atoms with E-state index in [1.165, 1.54) is 16.4 Å². The Balaban J connectivity index is 2.49. The van der Waals surface area contributed by atoms with Crippen LogP contribution in [-0.4, -0.2) is 43.6 Å². The number of halogens is 2. The predicted molar refractivity (Wildman–Crippen MR) is 76.6 cm³/mol. The predicted octanol–water partition coefficient (Wildman–Crippen LogP) is 1.90. The van der Waals surface area contributed by atoms with Crippen molar-refractivity contribution in [2.45, 2.75) is 24.5 Å². The molecule has 0 amide bonds. The summed E-state index contributed by atoms with van der Waals surface area (Å²) in [5.74, 6) is 0. The number of aliphatic hydroxyl groups excluding tert-OH is 1. The standard InChI is InChI=1S/C12H15Cl2NO4S/c1-8-7-19-5-4-15(8)20(17,18)11-3-2-10(13)9(6-16)12(11)14/h2-3,8,16H,4-7H2,1H3. The van der Waals surface area contributed by atoms with Gasteiger partial charge in [0.05, 0.1) is 24.8 Å². The highest BCUT2D eigenvalue weighted by Gasteiger charge is 2.33. The quantitative estimate of drug-likeness (QED) is 0.913. The molecule has 0 bridgehead atoms. The van der Waals surface area contributed by atoms with Gasteiger partial charge in [0, 0.05) is 23.2 Å². The molecule has 5 nitrogen and oxygen atoms in total. The summed E-state index contributed by atoms with van der Waals surface area (Å²) in [7, 11) is -3.74. The smallest absolute Gasteiger partial charge is 0.244 e. The second kappa shape index (κ2) is 6.17. The highest BCUT2D eigenvalue weighted by atomic mass is 35.5. The Hall–Kier alpha value is -0.370. The van der Waals surface area contributed by atoms with E-state index in [1.54, 1.807) is 6.92 Å². The van der Waals surface area contributed by atoms with Gasteiger partial charge in [0.1, 0.15) is 4.90 Å². The van der Waals surface area contributed by atoms with Crippen LogP contribution in [0, 0.1) is 0 Å². The molecule has 0 aromatic heterocycles. The number of aliphatic hydroxyl groups is 1. The van der Waals surface area contributed by atoms with Crippen molar-refractivity contribution in [3.8, 4) is 0 Å². The van der Waals surface area contributed by atoms with Gasteiger partial charge in [-0.25, -0.2) is 8.42 Å². The van der Waals surface area contributed by atoms with Crippen molar-refractivity contribution >= 4 is 33.2 Å². The Morgan fingerprint density at radius 3 is 2.75 bits per heavy atom. The third kappa shape index (κ3) is 2.81. The van der Waals surface area contributed by atoms with E-state index >= 15 is 0 Å². The van der Waals surface area contributed by atoms with Crippen LogP contribution in [0.4, 0.5) is 0 Å². The number of benzene rings is 1. The SMILES string of the molecule is CC1COCCN1S(=O)(=O)c1ccc(Cl)c(CO)c1Cl. The molecule has 1 aromatic carbocycles. The summed E-state index contributed by atoms with van der Waals surface area (Å²) in [6.45, 7) is 2.32. The summed E-state index contributed by atoms with van der Waals surface area (Å²) < 4.78 is 31.9. The summed E-state index contributed by atoms with van der Waals surface area (Å²) in [6.07, 6.45) is 0. The molecule has 1 N–H and O–H groups in total. The Kier molecular flexibility index (Phi) is 4.94. The van der Waals surface area contributed by atoms with Gasteiger partial charge in [-0.1, -0.05) is 23.2 Å². The molecule has 1 aliphatic heterocycles. The van der Waals surface area contributed by atoms with E-state index in [4.69, 9.17) is 27.9 Å². The van der Waals surface area contributed by atoms with Gasteiger partial charge in [0.15, 0.2) is 0 Å². The van der Waals surface area contributed by atoms with E-state index < -0.39 is 16.6 Å². The Morgan fingerprint density at radius 2 is 2.15 bits per heavy atom. The van der Waals surface area contributed by atoms with E-state index in [2.05, 4.69) is 0 Å². The van der Waals surface area contributed by atoms with Crippen LogP contribution in [-0.2, 0) is 21.4 Å². The zero-order chi connectivity index (χ0) is 14.9. The number of ether oxygens (including phenoxy) is 1. The van der Waals surface area contributed by atoms with Crippen molar-refractivity contribution in [1.29, 1.82) is 0 Å². The van der Waals surface area contributed by atoms with Gasteiger partial charge in [-0.2, -0.15) is 4.31 Å². The molecule has 0 saturated carbocycles. The first-order chi connectivity index (χ1) is 9.39. The molecule has 1 aromatic rings. The van der Waals surface area contributed by atoms with Crippen LogP contribution in [0.25, 0.3) is 0 Å². The summed E-state index contributed by atoms with van der Waals surface area (Å²) in [4.78, 5) is -0.0404. The number of rotatable bonds is 3. The lowest BCUT2D eigenvalue weighted by Gasteiger charge is -2.32. The zero-order valence-corrected chi connectivity index (χ0v) is 13.2. The Labute approximate surface area is 128 Å². The molecule has 1 saturated heterocycles. The monoisotopic (exact) mass is 339 g/mol. The van der Waals surface area contributed by atoms with Crippen molar-refractivity contribution in [3.05, 3.63) is 27.7 Å². The first-order valence-corrected chi connectivity index (χ1v) is 8.26. The summed E-state index contributed by atoms with van der Waals surface area (Å²) >= 11 is 12.0. The van der Waals surface area contributed by atoms with Gasteiger partial charge in [0.25, 0.3) is 0 Å². The van der Waals surface area contributed by atoms with Crippen LogP contribution in [0.2, 0.25) is 10.0 Å². The van der Waals surface area contributed by atoms with Gasteiger partial charge in [-0.3, -0.25) is 0 Å². The topological polar surface area (TPSA) is 66.8 Å². The second-order valence-electron chi connectivity index (χ2n) is 4.54. The summed E-state index contributed by atoms with van der Waals surface area (Å²) in [5.41, 5.74) is 0.218. The molecular formula is C12H15Cl2NO4S. The van der Waals surface area contributed by atoms with E-state index in [9.17, 15) is 13.5 Å². The molecule has 1 heterocycles. The third-order valence-corrected chi connectivity index (χ3v) is 6.16. The third-order valence-electron chi connectivity index (χ3n) is 3.20. The van der Waals surface area contributed by atoms with Gasteiger partial charge in [-0.15, -0.1) is 0 Å². The Morgan fingerprint density at radius 1 is 1.45 bits per heavy atom. The van der Waals surface area contributed by atoms with Crippen LogP contribution in [0.5, 0.6) is 0 Å². The first kappa shape index (κ1) is 16.0. The highest BCUT2D eigenvalue weighted by molar-refractivity contribution is 7.89. The normalized spacial score (nSPS) is 21.1. The van der Waals surface area contributed by atoms with Crippen molar-refractivity contribution in [1.82, 2.24) is 4.31 Å². The van der Waals surface area contributed by atoms with E-state index in [0.29, 0.717) is 13.2 Å². The number of hydrogen-bond acceptors (Lipinski definition) is 4. The molecule has 0 aliphatic carbocycles. The van der Waals surface area contributed by atoms with Crippen molar-refractivity contribution in [3.63, 3.8) is 0 Å². The molecule has 1 atom stereocenters. The Bertz CT molecular complexity index is 606. The zero-order valence-electron chi connectivity index (χ0n) is 10.8. The van der Waals surface area contributed by atoms with Gasteiger partial charge >= 0.3 is 0 Å². The summed E-state index contributed by atoms with van der Waals surface area (Å²) in [5, 5.41) is 9.47. The van der Waals surface area contributed by atoms with Gasteiger partial charge < -0.3 is 9.84 Å². The minimum atomic E-state index is -3.74. The molecular weight excluding hydrogens is 325 g/mol. The lowest BCUT2D eigenvalue weighted by atomic mass is 10.2. The van der Waals surface area contributed by atoms with E-state index in [-0.39, 0.29) is 33.1 Å². The number of sulfonamides is 1. The average Bonchev–Trinajstić information content (AvgIpc) is 2.39. The minimum Gasteiger partial charge on any atom is -0.392 e. The lowest BCUT2D eigenvalue weighted by Crippen LogP contribution is -2.47. The van der Waals surface area contributed by atoms with Crippen LogP contribution in [0.15, 0.2) is 17.0 Å². The fourth-order valence-electron chi connectivity index (χ4n) is 2.12. The summed E-state index contributed by atoms with van der Waals surface area (Å²) in [6, 6.07) is 2.52. The maximum absolute atomic E-state index is 12.7. The fourth-order valence-corrected chi connectivity index (χ4v) is 4.59. The van der Waals surface area contributed by atoms with Gasteiger partial charge in [0.2, 0.25) is 10.0 Å². The largest absolute Gasteiger partial charge is 0.392 e. The molecule has 2 rings (SSSR count). The average molecular weight is 340 g/mol. The van der Waals surface area contributed by atoms with Crippen molar-refractivity contribution < 1.29 is 18.3 Å². The highest BCUT2D eigenvalue weighted by Crippen LogP contribution is 2.33. The molecule has 112 valence electrons. The molecule has 1 aliphatic rings. The lowest BCUT2D eigenvalue weighted by molar-refractivity contribution is 0.0393. The van der Waals surface area contributed by atoms with E-state index in [1.807, 2.05) is 0 Å². The molecule has 20 heavy (non-hydrogen) atoms. The second-order valence-corrected chi connectivity index (χ2v) is 7.18. The molecule has 1 fully saturated rings. The number of hydrogen-bond donors (Lipinski definition) is 1. The van der Waals surface area contributed by atoms with Crippen LogP contribution >= 0.6 is 23.2 Å². The van der Waals surface area contributed by atoms with Crippen molar-refractivity contribution in [2.75, 3.05) is 19.8 Å². The van der Waals surface area contributed by atoms with E-state index in [0.717, 1.165) is 0 Å². The molecule has 8 heteroatoms. The molecule has 1 unspecified atom stereocenters. The number of morpholine rings is 1. The van der Waals surface area contributed by atoms with Crippen molar-refractivity contribution in [2.24, 2.45) is 0 Å². The van der Waals surface area contributed by atoms with Crippen LogP contribution in [0.3, 0.4) is 0 Å². The fraction of sp³-hybridized carbons (Fsp3) is 0.500. The van der Waals surface area contributed by atoms with Crippen LogP contribution < -0.4 is 0 Å². The molecule has 0 spiro atoms.